The largest absolute Gasteiger partial charge is 0.497 e. The van der Waals surface area contributed by atoms with Gasteiger partial charge in [-0.1, -0.05) is 19.9 Å². The highest BCUT2D eigenvalue weighted by molar-refractivity contribution is 5.37. The van der Waals surface area contributed by atoms with Gasteiger partial charge in [0.15, 0.2) is 0 Å². The minimum atomic E-state index is 0.468. The fourth-order valence-electron chi connectivity index (χ4n) is 2.77. The van der Waals surface area contributed by atoms with Crippen molar-refractivity contribution in [3.8, 4) is 5.75 Å². The summed E-state index contributed by atoms with van der Waals surface area (Å²) in [5, 5.41) is 3.47. The first-order chi connectivity index (χ1) is 7.99. The van der Waals surface area contributed by atoms with E-state index in [0.29, 0.717) is 11.5 Å². The van der Waals surface area contributed by atoms with Crippen molar-refractivity contribution in [2.45, 2.75) is 33.2 Å². The molecule has 94 valence electrons. The molecule has 0 saturated heterocycles. The van der Waals surface area contributed by atoms with Crippen LogP contribution in [0, 0.1) is 18.3 Å². The van der Waals surface area contributed by atoms with Gasteiger partial charge in [0.25, 0.3) is 0 Å². The molecule has 1 aliphatic carbocycles. The molecule has 0 aromatic heterocycles. The van der Waals surface area contributed by atoms with Crippen molar-refractivity contribution in [2.24, 2.45) is 11.3 Å². The molecule has 1 saturated carbocycles. The Hall–Kier alpha value is -1.02. The minimum Gasteiger partial charge on any atom is -0.497 e. The van der Waals surface area contributed by atoms with Gasteiger partial charge in [-0.25, -0.2) is 0 Å². The van der Waals surface area contributed by atoms with Crippen LogP contribution < -0.4 is 10.1 Å². The van der Waals surface area contributed by atoms with Crippen molar-refractivity contribution in [1.29, 1.82) is 0 Å². The maximum absolute atomic E-state index is 5.26. The molecule has 0 radical (unpaired) electrons. The second-order valence-electron chi connectivity index (χ2n) is 5.79. The van der Waals surface area contributed by atoms with Crippen LogP contribution in [0.1, 0.15) is 37.4 Å². The first-order valence-electron chi connectivity index (χ1n) is 6.31. The van der Waals surface area contributed by atoms with E-state index in [0.717, 1.165) is 11.7 Å². The van der Waals surface area contributed by atoms with E-state index in [1.165, 1.54) is 17.5 Å². The molecule has 1 N–H and O–H groups in total. The van der Waals surface area contributed by atoms with Gasteiger partial charge in [-0.2, -0.15) is 0 Å². The lowest BCUT2D eigenvalue weighted by Gasteiger charge is -2.21. The van der Waals surface area contributed by atoms with Gasteiger partial charge < -0.3 is 10.1 Å². The highest BCUT2D eigenvalue weighted by Gasteiger charge is 2.50. The normalized spacial score (nSPS) is 23.2. The van der Waals surface area contributed by atoms with Crippen molar-refractivity contribution in [1.82, 2.24) is 5.32 Å². The summed E-state index contributed by atoms with van der Waals surface area (Å²) in [6.45, 7) is 6.86. The van der Waals surface area contributed by atoms with Crippen LogP contribution in [0.2, 0.25) is 0 Å². The average molecular weight is 233 g/mol. The van der Waals surface area contributed by atoms with Gasteiger partial charge in [-0.15, -0.1) is 0 Å². The van der Waals surface area contributed by atoms with E-state index in [4.69, 9.17) is 4.74 Å². The molecule has 2 heteroatoms. The summed E-state index contributed by atoms with van der Waals surface area (Å²) in [5.74, 6) is 1.69. The number of rotatable bonds is 4. The number of benzene rings is 1. The van der Waals surface area contributed by atoms with Gasteiger partial charge in [0.1, 0.15) is 5.75 Å². The van der Waals surface area contributed by atoms with E-state index >= 15 is 0 Å². The molecule has 0 bridgehead atoms. The molecule has 17 heavy (non-hydrogen) atoms. The van der Waals surface area contributed by atoms with Crippen molar-refractivity contribution in [3.63, 3.8) is 0 Å². The molecule has 2 nitrogen and oxygen atoms in total. The first kappa shape index (κ1) is 12.4. The molecule has 2 atom stereocenters. The van der Waals surface area contributed by atoms with Crippen LogP contribution in [0.25, 0.3) is 0 Å². The third kappa shape index (κ3) is 2.32. The molecule has 1 aromatic rings. The van der Waals surface area contributed by atoms with Crippen LogP contribution in [0.5, 0.6) is 5.75 Å². The maximum atomic E-state index is 5.26. The Morgan fingerprint density at radius 1 is 1.41 bits per heavy atom. The zero-order chi connectivity index (χ0) is 12.6. The molecular weight excluding hydrogens is 210 g/mol. The highest BCUT2D eigenvalue weighted by atomic mass is 16.5. The van der Waals surface area contributed by atoms with Gasteiger partial charge in [0.2, 0.25) is 0 Å². The first-order valence-corrected chi connectivity index (χ1v) is 6.31. The molecule has 1 fully saturated rings. The van der Waals surface area contributed by atoms with Gasteiger partial charge in [-0.05, 0) is 55.0 Å². The molecule has 1 aliphatic rings. The maximum Gasteiger partial charge on any atom is 0.119 e. The second kappa shape index (κ2) is 4.34. The summed E-state index contributed by atoms with van der Waals surface area (Å²) < 4.78 is 5.26. The molecule has 2 unspecified atom stereocenters. The molecule has 0 aliphatic heterocycles. The van der Waals surface area contributed by atoms with Crippen molar-refractivity contribution >= 4 is 0 Å². The zero-order valence-electron chi connectivity index (χ0n) is 11.5. The van der Waals surface area contributed by atoms with Crippen molar-refractivity contribution < 1.29 is 4.74 Å². The summed E-state index contributed by atoms with van der Waals surface area (Å²) >= 11 is 0. The molecule has 2 rings (SSSR count). The second-order valence-corrected chi connectivity index (χ2v) is 5.79. The van der Waals surface area contributed by atoms with Crippen molar-refractivity contribution in [2.75, 3.05) is 14.2 Å². The van der Waals surface area contributed by atoms with E-state index in [1.807, 2.05) is 0 Å². The van der Waals surface area contributed by atoms with Crippen molar-refractivity contribution in [3.05, 3.63) is 29.3 Å². The molecule has 1 aromatic carbocycles. The Balaban J connectivity index is 2.26. The topological polar surface area (TPSA) is 21.3 Å². The minimum absolute atomic E-state index is 0.468. The van der Waals surface area contributed by atoms with E-state index in [2.05, 4.69) is 51.3 Å². The van der Waals surface area contributed by atoms with Crippen LogP contribution in [0.4, 0.5) is 0 Å². The zero-order valence-corrected chi connectivity index (χ0v) is 11.5. The number of hydrogen-bond donors (Lipinski definition) is 1. The molecular formula is C15H23NO. The molecule has 0 heterocycles. The number of ether oxygens (including phenoxy) is 1. The lowest BCUT2D eigenvalue weighted by atomic mass is 9.94. The highest BCUT2D eigenvalue weighted by Crippen LogP contribution is 2.57. The van der Waals surface area contributed by atoms with Gasteiger partial charge in [0, 0.05) is 6.04 Å². The predicted octanol–water partition coefficient (Wildman–Crippen LogP) is 3.31. The average Bonchev–Trinajstić information content (AvgIpc) is 2.91. The Morgan fingerprint density at radius 2 is 2.06 bits per heavy atom. The molecule has 0 spiro atoms. The monoisotopic (exact) mass is 233 g/mol. The Labute approximate surface area is 104 Å². The fourth-order valence-corrected chi connectivity index (χ4v) is 2.77. The van der Waals surface area contributed by atoms with Crippen LogP contribution in [-0.4, -0.2) is 14.2 Å². The Morgan fingerprint density at radius 3 is 2.47 bits per heavy atom. The summed E-state index contributed by atoms with van der Waals surface area (Å²) in [6.07, 6.45) is 1.31. The van der Waals surface area contributed by atoms with Gasteiger partial charge >= 0.3 is 0 Å². The van der Waals surface area contributed by atoms with E-state index in [1.54, 1.807) is 7.11 Å². The number of hydrogen-bond acceptors (Lipinski definition) is 2. The smallest absolute Gasteiger partial charge is 0.119 e. The number of methoxy groups -OCH3 is 1. The number of nitrogens with one attached hydrogen (secondary N) is 1. The molecule has 0 amide bonds. The van der Waals surface area contributed by atoms with Gasteiger partial charge in [0.05, 0.1) is 7.11 Å². The van der Waals surface area contributed by atoms with Crippen LogP contribution in [0.3, 0.4) is 0 Å². The fraction of sp³-hybridized carbons (Fsp3) is 0.600. The Bertz CT molecular complexity index is 411. The third-order valence-corrected chi connectivity index (χ3v) is 4.12. The summed E-state index contributed by atoms with van der Waals surface area (Å²) in [5.41, 5.74) is 3.20. The van der Waals surface area contributed by atoms with E-state index < -0.39 is 0 Å². The summed E-state index contributed by atoms with van der Waals surface area (Å²) in [6, 6.07) is 6.84. The lowest BCUT2D eigenvalue weighted by molar-refractivity contribution is 0.412. The summed E-state index contributed by atoms with van der Waals surface area (Å²) in [7, 11) is 3.77. The standard InChI is InChI=1S/C15H23NO/c1-10-8-11(17-5)6-7-12(10)14(16-4)13-9-15(13,2)3/h6-8,13-14,16H,9H2,1-5H3. The lowest BCUT2D eigenvalue weighted by Crippen LogP contribution is -2.21. The predicted molar refractivity (Wildman–Crippen MR) is 71.4 cm³/mol. The van der Waals surface area contributed by atoms with E-state index in [-0.39, 0.29) is 0 Å². The Kier molecular flexibility index (Phi) is 3.17. The van der Waals surface area contributed by atoms with Crippen LogP contribution in [0.15, 0.2) is 18.2 Å². The SMILES string of the molecule is CNC(c1ccc(OC)cc1C)C1CC1(C)C. The number of aryl methyl sites for hydroxylation is 1. The van der Waals surface area contributed by atoms with Gasteiger partial charge in [-0.3, -0.25) is 0 Å². The third-order valence-electron chi connectivity index (χ3n) is 4.12. The quantitative estimate of drug-likeness (QED) is 0.861. The van der Waals surface area contributed by atoms with Crippen LogP contribution >= 0.6 is 0 Å². The van der Waals surface area contributed by atoms with E-state index in [9.17, 15) is 0 Å². The van der Waals surface area contributed by atoms with Crippen LogP contribution in [-0.2, 0) is 0 Å². The summed E-state index contributed by atoms with van der Waals surface area (Å²) in [4.78, 5) is 0.